The minimum Gasteiger partial charge on any atom is -0.307 e. The van der Waals surface area contributed by atoms with E-state index >= 15 is 0 Å². The Hall–Kier alpha value is -1.34. The lowest BCUT2D eigenvalue weighted by Crippen LogP contribution is -2.10. The third kappa shape index (κ3) is 2.86. The van der Waals surface area contributed by atoms with E-state index in [1.807, 2.05) is 0 Å². The zero-order valence-corrected chi connectivity index (χ0v) is 10.5. The third-order valence-corrected chi connectivity index (χ3v) is 2.64. The molecule has 1 aromatic carbocycles. The number of aldehydes is 1. The van der Waals surface area contributed by atoms with Crippen molar-refractivity contribution in [3.05, 3.63) is 34.4 Å². The van der Waals surface area contributed by atoms with E-state index in [9.17, 15) is 19.2 Å². The van der Waals surface area contributed by atoms with Crippen molar-refractivity contribution in [1.82, 2.24) is 0 Å². The van der Waals surface area contributed by atoms with Crippen molar-refractivity contribution in [2.24, 2.45) is 0 Å². The second kappa shape index (κ2) is 5.33. The summed E-state index contributed by atoms with van der Waals surface area (Å²) in [5, 5.41) is -1.29. The van der Waals surface area contributed by atoms with Crippen molar-refractivity contribution in [2.75, 3.05) is 0 Å². The van der Waals surface area contributed by atoms with Gasteiger partial charge in [0, 0.05) is 22.3 Å². The van der Waals surface area contributed by atoms with Gasteiger partial charge in [-0.05, 0) is 12.1 Å². The largest absolute Gasteiger partial charge is 0.307 e. The van der Waals surface area contributed by atoms with Crippen LogP contribution in [0.2, 0.25) is 0 Å². The summed E-state index contributed by atoms with van der Waals surface area (Å²) in [5.41, 5.74) is -0.343. The van der Waals surface area contributed by atoms with Crippen molar-refractivity contribution in [3.8, 4) is 0 Å². The average molecular weight is 266 g/mol. The first-order valence-corrected chi connectivity index (χ1v) is 5.38. The third-order valence-electron chi connectivity index (χ3n) is 2.16. The fourth-order valence-corrected chi connectivity index (χ4v) is 1.75. The summed E-state index contributed by atoms with van der Waals surface area (Å²) in [6, 6.07) is 2.35. The number of benzene rings is 1. The van der Waals surface area contributed by atoms with Gasteiger partial charge in [-0.1, -0.05) is 0 Å². The Labute approximate surface area is 109 Å². The molecule has 0 aliphatic carbocycles. The highest BCUT2D eigenvalue weighted by Gasteiger charge is 2.18. The first-order chi connectivity index (χ1) is 7.88. The molecule has 0 heterocycles. The van der Waals surface area contributed by atoms with Crippen LogP contribution >= 0.6 is 25.3 Å². The maximum atomic E-state index is 11.3. The normalized spacial score (nSPS) is 9.76. The summed E-state index contributed by atoms with van der Waals surface area (Å²) in [6.07, 6.45) is 0.424. The van der Waals surface area contributed by atoms with Gasteiger partial charge in [-0.2, -0.15) is 0 Å². The van der Waals surface area contributed by atoms with Crippen LogP contribution in [0.4, 0.5) is 0 Å². The summed E-state index contributed by atoms with van der Waals surface area (Å²) in [5.74, 6) is 0. The lowest BCUT2D eigenvalue weighted by Gasteiger charge is -2.07. The molecule has 0 bridgehead atoms. The topological polar surface area (TPSA) is 68.3 Å². The Bertz CT molecular complexity index is 539. The van der Waals surface area contributed by atoms with Crippen LogP contribution in [0.5, 0.6) is 0 Å². The summed E-state index contributed by atoms with van der Waals surface area (Å²) in [4.78, 5) is 44.5. The number of carbonyl (C=O) groups is 4. The van der Waals surface area contributed by atoms with E-state index in [0.29, 0.717) is 6.29 Å². The first kappa shape index (κ1) is 13.7. The van der Waals surface area contributed by atoms with Crippen LogP contribution in [0.1, 0.15) is 41.4 Å². The summed E-state index contributed by atoms with van der Waals surface area (Å²) >= 11 is 7.21. The van der Waals surface area contributed by atoms with Crippen LogP contribution in [0, 0.1) is 0 Å². The van der Waals surface area contributed by atoms with Crippen LogP contribution in [-0.4, -0.2) is 30.0 Å². The number of hydrogen-bond donors (Lipinski definition) is 2. The number of rotatable bonds is 4. The van der Waals surface area contributed by atoms with E-state index in [1.54, 1.807) is 0 Å². The van der Waals surface area contributed by atoms with Crippen LogP contribution in [-0.2, 0) is 0 Å². The maximum absolute atomic E-state index is 11.3. The number of carbonyl (C=O) groups excluding carboxylic acids is 4. The highest BCUT2D eigenvalue weighted by atomic mass is 32.1. The molecule has 0 radical (unpaired) electrons. The molecule has 0 atom stereocenters. The molecule has 0 spiro atoms. The van der Waals surface area contributed by atoms with Gasteiger partial charge in [0.15, 0.2) is 14.1 Å². The summed E-state index contributed by atoms with van der Waals surface area (Å²) in [7, 11) is 1.25. The lowest BCUT2D eigenvalue weighted by molar-refractivity contribution is 0.105. The second-order valence-electron chi connectivity index (χ2n) is 3.27. The smallest absolute Gasteiger partial charge is 0.217 e. The Morgan fingerprint density at radius 3 is 1.88 bits per heavy atom. The van der Waals surface area contributed by atoms with Gasteiger partial charge in [0.05, 0.1) is 0 Å². The fourth-order valence-electron chi connectivity index (χ4n) is 1.37. The van der Waals surface area contributed by atoms with Gasteiger partial charge in [-0.25, -0.2) is 0 Å². The van der Waals surface area contributed by atoms with Gasteiger partial charge in [-0.15, -0.1) is 25.3 Å². The molecular formula is C10H7BO4S2. The molecule has 7 heteroatoms. The van der Waals surface area contributed by atoms with Gasteiger partial charge < -0.3 is 4.79 Å². The van der Waals surface area contributed by atoms with Crippen molar-refractivity contribution >= 4 is 55.3 Å². The molecule has 0 saturated carbocycles. The Balaban J connectivity index is 3.65. The van der Waals surface area contributed by atoms with E-state index in [0.717, 1.165) is 0 Å². The lowest BCUT2D eigenvalue weighted by atomic mass is 9.88. The predicted octanol–water partition coefficient (Wildman–Crippen LogP) is 0.412. The Kier molecular flexibility index (Phi) is 4.30. The highest BCUT2D eigenvalue weighted by Crippen LogP contribution is 2.19. The molecule has 0 amide bonds. The predicted molar refractivity (Wildman–Crippen MR) is 71.3 cm³/mol. The monoisotopic (exact) mass is 266 g/mol. The first-order valence-electron chi connectivity index (χ1n) is 4.49. The van der Waals surface area contributed by atoms with E-state index < -0.39 is 15.9 Å². The average Bonchev–Trinajstić information content (AvgIpc) is 2.26. The molecular weight excluding hydrogens is 259 g/mol. The maximum Gasteiger partial charge on any atom is 0.217 e. The zero-order valence-electron chi connectivity index (χ0n) is 8.76. The molecule has 0 aliphatic rings. The second-order valence-corrected chi connectivity index (χ2v) is 4.08. The van der Waals surface area contributed by atoms with Crippen LogP contribution in [0.3, 0.4) is 0 Å². The van der Waals surface area contributed by atoms with E-state index in [-0.39, 0.29) is 22.3 Å². The van der Waals surface area contributed by atoms with Crippen molar-refractivity contribution in [2.45, 2.75) is 0 Å². The van der Waals surface area contributed by atoms with E-state index in [1.165, 1.54) is 20.0 Å². The zero-order chi connectivity index (χ0) is 13.2. The molecule has 0 aliphatic heterocycles. The molecule has 0 unspecified atom stereocenters. The van der Waals surface area contributed by atoms with Crippen molar-refractivity contribution in [1.29, 1.82) is 0 Å². The summed E-state index contributed by atoms with van der Waals surface area (Å²) < 4.78 is 0. The van der Waals surface area contributed by atoms with Crippen LogP contribution < -0.4 is 0 Å². The van der Waals surface area contributed by atoms with Gasteiger partial charge >= 0.3 is 0 Å². The standard InChI is InChI=1S/C10H7BO4S2/c11-8(13)6-2-5(9(14)16)4(3-12)1-7(6)10(15)17/h1-3H,11H2,(H,14,16)(H,15,17). The minimum atomic E-state index is -0.646. The summed E-state index contributed by atoms with van der Waals surface area (Å²) in [6.45, 7) is 0. The SMILES string of the molecule is BC(=O)c1cc(C(=O)S)c(C=O)cc1C(=O)S. The van der Waals surface area contributed by atoms with Crippen molar-refractivity contribution < 1.29 is 19.2 Å². The minimum absolute atomic E-state index is 0.00117. The molecule has 17 heavy (non-hydrogen) atoms. The fraction of sp³-hybridized carbons (Fsp3) is 0. The van der Waals surface area contributed by atoms with Gasteiger partial charge in [0.25, 0.3) is 0 Å². The Morgan fingerprint density at radius 1 is 1.00 bits per heavy atom. The van der Waals surface area contributed by atoms with Crippen LogP contribution in [0.25, 0.3) is 0 Å². The molecule has 0 saturated heterocycles. The molecule has 0 N–H and O–H groups in total. The van der Waals surface area contributed by atoms with Crippen molar-refractivity contribution in [3.63, 3.8) is 0 Å². The quantitative estimate of drug-likeness (QED) is 0.470. The van der Waals surface area contributed by atoms with E-state index in [2.05, 4.69) is 25.3 Å². The number of hydrogen-bond acceptors (Lipinski definition) is 4. The van der Waals surface area contributed by atoms with Gasteiger partial charge in [-0.3, -0.25) is 14.4 Å². The molecule has 0 fully saturated rings. The van der Waals surface area contributed by atoms with Gasteiger partial charge in [0.2, 0.25) is 10.2 Å². The molecule has 1 rings (SSSR count). The van der Waals surface area contributed by atoms with Gasteiger partial charge in [0.1, 0.15) is 5.68 Å². The number of thiol groups is 2. The molecule has 0 aromatic heterocycles. The molecule has 86 valence electrons. The Morgan fingerprint density at radius 2 is 1.53 bits per heavy atom. The van der Waals surface area contributed by atoms with Crippen LogP contribution in [0.15, 0.2) is 12.1 Å². The van der Waals surface area contributed by atoms with E-state index in [4.69, 9.17) is 0 Å². The highest BCUT2D eigenvalue weighted by molar-refractivity contribution is 7.97. The molecule has 1 aromatic rings. The molecule has 4 nitrogen and oxygen atoms in total.